The number of anilines is 1. The number of nitrogens with one attached hydrogen (secondary N) is 2. The van der Waals surface area contributed by atoms with Gasteiger partial charge in [0, 0.05) is 28.1 Å². The summed E-state index contributed by atoms with van der Waals surface area (Å²) in [4.78, 5) is 23.8. The van der Waals surface area contributed by atoms with E-state index in [-0.39, 0.29) is 24.0 Å². The van der Waals surface area contributed by atoms with Gasteiger partial charge in [-0.25, -0.2) is 4.79 Å². The van der Waals surface area contributed by atoms with Gasteiger partial charge in [0.25, 0.3) is 0 Å². The third-order valence-electron chi connectivity index (χ3n) is 4.28. The molecule has 0 aliphatic heterocycles. The number of ether oxygens (including phenoxy) is 1. The molecule has 0 spiro atoms. The minimum absolute atomic E-state index is 0.0574. The van der Waals surface area contributed by atoms with Crippen LogP contribution >= 0.6 is 0 Å². The van der Waals surface area contributed by atoms with E-state index in [1.807, 2.05) is 60.6 Å². The molecule has 0 saturated carbocycles. The highest BCUT2D eigenvalue weighted by Crippen LogP contribution is 2.21. The molecule has 0 aliphatic carbocycles. The van der Waals surface area contributed by atoms with Crippen molar-refractivity contribution in [2.45, 2.75) is 66.3 Å². The topological polar surface area (TPSA) is 119 Å². The Morgan fingerprint density at radius 2 is 1.55 bits per heavy atom. The minimum atomic E-state index is -0.469. The summed E-state index contributed by atoms with van der Waals surface area (Å²) in [6.07, 6.45) is 0.108. The van der Waals surface area contributed by atoms with Crippen molar-refractivity contribution < 1.29 is 14.3 Å². The van der Waals surface area contributed by atoms with Crippen LogP contribution in [-0.2, 0) is 9.53 Å². The fourth-order valence-electron chi connectivity index (χ4n) is 2.37. The molecule has 1 heterocycles. The number of rotatable bonds is 6. The number of hydrogen-bond acceptors (Lipinski definition) is 7. The number of carbonyl (C=O) groups is 2. The second kappa shape index (κ2) is 9.80. The summed E-state index contributed by atoms with van der Waals surface area (Å²) >= 11 is 0. The van der Waals surface area contributed by atoms with Gasteiger partial charge in [-0.2, -0.15) is 0 Å². The number of carbonyl (C=O) groups excluding carboxylic acids is 2. The largest absolute Gasteiger partial charge is 0.450 e. The van der Waals surface area contributed by atoms with Crippen LogP contribution in [0.1, 0.15) is 66.6 Å². The predicted molar refractivity (Wildman–Crippen MR) is 118 cm³/mol. The van der Waals surface area contributed by atoms with Crippen molar-refractivity contribution in [3.05, 3.63) is 30.1 Å². The van der Waals surface area contributed by atoms with E-state index in [1.165, 1.54) is 0 Å². The van der Waals surface area contributed by atoms with Crippen LogP contribution in [0.25, 0.3) is 11.4 Å². The Hall–Kier alpha value is -3.10. The zero-order valence-corrected chi connectivity index (χ0v) is 19.3. The lowest BCUT2D eigenvalue weighted by molar-refractivity contribution is -0.123. The Kier molecular flexibility index (Phi) is 7.65. The summed E-state index contributed by atoms with van der Waals surface area (Å²) in [5.74, 6) is 0.757. The molecule has 0 fully saturated rings. The van der Waals surface area contributed by atoms with Gasteiger partial charge < -0.3 is 15.4 Å². The highest BCUT2D eigenvalue weighted by Gasteiger charge is 2.21. The summed E-state index contributed by atoms with van der Waals surface area (Å²) in [7, 11) is 0. The van der Waals surface area contributed by atoms with Gasteiger partial charge >= 0.3 is 6.09 Å². The van der Waals surface area contributed by atoms with Crippen LogP contribution in [0.4, 0.5) is 10.5 Å². The van der Waals surface area contributed by atoms with E-state index in [1.54, 1.807) is 12.1 Å². The Morgan fingerprint density at radius 1 is 0.968 bits per heavy atom. The third-order valence-corrected chi connectivity index (χ3v) is 4.28. The maximum atomic E-state index is 12.1. The van der Waals surface area contributed by atoms with E-state index < -0.39 is 11.5 Å². The van der Waals surface area contributed by atoms with Crippen LogP contribution in [0, 0.1) is 5.41 Å². The van der Waals surface area contributed by atoms with Crippen molar-refractivity contribution in [2.75, 3.05) is 11.9 Å². The fraction of sp³-hybridized carbons (Fsp3) is 0.545. The Bertz CT molecular complexity index is 883. The van der Waals surface area contributed by atoms with Gasteiger partial charge in [0.2, 0.25) is 11.7 Å². The molecule has 1 aromatic carbocycles. The molecule has 2 N–H and O–H groups in total. The molecular weight excluding hydrogens is 396 g/mol. The van der Waals surface area contributed by atoms with Crippen molar-refractivity contribution in [2.24, 2.45) is 5.41 Å². The molecular formula is C22H32N6O3. The third kappa shape index (κ3) is 7.92. The first-order valence-electron chi connectivity index (χ1n) is 10.3. The molecule has 31 heavy (non-hydrogen) atoms. The first-order valence-corrected chi connectivity index (χ1v) is 10.3. The fourth-order valence-corrected chi connectivity index (χ4v) is 2.37. The van der Waals surface area contributed by atoms with E-state index in [0.29, 0.717) is 23.8 Å². The van der Waals surface area contributed by atoms with Crippen molar-refractivity contribution >= 4 is 17.7 Å². The van der Waals surface area contributed by atoms with E-state index in [9.17, 15) is 9.59 Å². The molecule has 2 aromatic rings. The van der Waals surface area contributed by atoms with Gasteiger partial charge in [0.15, 0.2) is 5.82 Å². The molecule has 1 atom stereocenters. The van der Waals surface area contributed by atoms with Crippen LogP contribution < -0.4 is 10.6 Å². The summed E-state index contributed by atoms with van der Waals surface area (Å²) in [5.41, 5.74) is 0.635. The maximum Gasteiger partial charge on any atom is 0.407 e. The predicted octanol–water partition coefficient (Wildman–Crippen LogP) is 3.94. The van der Waals surface area contributed by atoms with E-state index in [4.69, 9.17) is 4.74 Å². The molecule has 2 amide bonds. The zero-order valence-electron chi connectivity index (χ0n) is 19.3. The highest BCUT2D eigenvalue weighted by atomic mass is 16.5. The molecule has 168 valence electrons. The molecule has 2 rings (SSSR count). The lowest BCUT2D eigenvalue weighted by Crippen LogP contribution is -2.41. The summed E-state index contributed by atoms with van der Waals surface area (Å²) in [6.45, 7) is 13.4. The second-order valence-electron chi connectivity index (χ2n) is 9.56. The maximum absolute atomic E-state index is 12.1. The molecule has 0 radical (unpaired) electrons. The number of benzene rings is 1. The van der Waals surface area contributed by atoms with Crippen molar-refractivity contribution in [1.29, 1.82) is 0 Å². The summed E-state index contributed by atoms with van der Waals surface area (Å²) < 4.78 is 5.19. The molecule has 9 heteroatoms. The molecule has 1 aromatic heterocycles. The lowest BCUT2D eigenvalue weighted by Gasteiger charge is -2.20. The zero-order chi connectivity index (χ0) is 23.2. The Morgan fingerprint density at radius 3 is 2.06 bits per heavy atom. The first-order chi connectivity index (χ1) is 14.3. The number of hydrogen-bond donors (Lipinski definition) is 2. The summed E-state index contributed by atoms with van der Waals surface area (Å²) in [6, 6.07) is 7.20. The van der Waals surface area contributed by atoms with Crippen LogP contribution in [0.15, 0.2) is 24.3 Å². The normalized spacial score (nSPS) is 12.7. The van der Waals surface area contributed by atoms with Gasteiger partial charge in [0.05, 0.1) is 6.61 Å². The van der Waals surface area contributed by atoms with E-state index >= 15 is 0 Å². The standard InChI is InChI=1S/C22H32N6O3/c1-14(12-13-31-20(30)24-22(5,6)7)17-25-27-18(28-26-17)15-8-10-16(11-9-15)23-19(29)21(2,3)4/h8-11,14H,12-13H2,1-7H3,(H,23,29)(H,24,30). The Balaban J connectivity index is 1.91. The molecule has 1 unspecified atom stereocenters. The van der Waals surface area contributed by atoms with Gasteiger partial charge in [-0.15, -0.1) is 20.4 Å². The van der Waals surface area contributed by atoms with Crippen molar-refractivity contribution in [1.82, 2.24) is 25.7 Å². The van der Waals surface area contributed by atoms with Gasteiger partial charge in [-0.1, -0.05) is 27.7 Å². The van der Waals surface area contributed by atoms with Crippen molar-refractivity contribution in [3.63, 3.8) is 0 Å². The van der Waals surface area contributed by atoms with Gasteiger partial charge in [-0.05, 0) is 51.5 Å². The number of alkyl carbamates (subject to hydrolysis) is 1. The van der Waals surface area contributed by atoms with Crippen LogP contribution in [-0.4, -0.2) is 44.5 Å². The SMILES string of the molecule is CC(CCOC(=O)NC(C)(C)C)c1nnc(-c2ccc(NC(=O)C(C)(C)C)cc2)nn1. The number of aromatic nitrogens is 4. The lowest BCUT2D eigenvalue weighted by atomic mass is 9.95. The molecule has 9 nitrogen and oxygen atoms in total. The van der Waals surface area contributed by atoms with Crippen LogP contribution in [0.2, 0.25) is 0 Å². The van der Waals surface area contributed by atoms with Crippen LogP contribution in [0.5, 0.6) is 0 Å². The summed E-state index contributed by atoms with van der Waals surface area (Å²) in [5, 5.41) is 22.3. The van der Waals surface area contributed by atoms with E-state index in [0.717, 1.165) is 5.56 Å². The number of amides is 2. The molecule has 0 aliphatic rings. The van der Waals surface area contributed by atoms with Crippen LogP contribution in [0.3, 0.4) is 0 Å². The minimum Gasteiger partial charge on any atom is -0.450 e. The number of nitrogens with zero attached hydrogens (tertiary/aromatic N) is 4. The highest BCUT2D eigenvalue weighted by molar-refractivity contribution is 5.94. The average Bonchev–Trinajstić information content (AvgIpc) is 2.66. The Labute approximate surface area is 183 Å². The quantitative estimate of drug-likeness (QED) is 0.715. The smallest absolute Gasteiger partial charge is 0.407 e. The first kappa shape index (κ1) is 24.2. The van der Waals surface area contributed by atoms with Gasteiger partial charge in [-0.3, -0.25) is 4.79 Å². The van der Waals surface area contributed by atoms with Crippen molar-refractivity contribution in [3.8, 4) is 11.4 Å². The second-order valence-corrected chi connectivity index (χ2v) is 9.56. The molecule has 0 bridgehead atoms. The van der Waals surface area contributed by atoms with Gasteiger partial charge in [0.1, 0.15) is 0 Å². The van der Waals surface area contributed by atoms with E-state index in [2.05, 4.69) is 31.0 Å². The average molecular weight is 429 g/mol. The molecule has 0 saturated heterocycles. The monoisotopic (exact) mass is 428 g/mol.